The first kappa shape index (κ1) is 25.3. The Bertz CT molecular complexity index is 577. The van der Waals surface area contributed by atoms with Crippen molar-refractivity contribution in [2.75, 3.05) is 6.61 Å². The molecule has 0 atom stereocenters. The van der Waals surface area contributed by atoms with E-state index >= 15 is 0 Å². The zero-order chi connectivity index (χ0) is 21.2. The molecule has 0 saturated carbocycles. The van der Waals surface area contributed by atoms with Gasteiger partial charge in [-0.15, -0.1) is 0 Å². The van der Waals surface area contributed by atoms with Crippen molar-refractivity contribution < 1.29 is 14.6 Å². The van der Waals surface area contributed by atoms with Crippen LogP contribution in [-0.2, 0) is 9.53 Å². The first-order valence-corrected chi connectivity index (χ1v) is 11.8. The molecule has 1 aromatic carbocycles. The van der Waals surface area contributed by atoms with Gasteiger partial charge in [-0.05, 0) is 42.7 Å². The number of ether oxygens (including phenoxy) is 1. The molecule has 0 fully saturated rings. The van der Waals surface area contributed by atoms with E-state index in [-0.39, 0.29) is 11.7 Å². The summed E-state index contributed by atoms with van der Waals surface area (Å²) in [7, 11) is 0. The van der Waals surface area contributed by atoms with Crippen molar-refractivity contribution >= 4 is 12.0 Å². The van der Waals surface area contributed by atoms with Crippen LogP contribution in [0.15, 0.2) is 24.3 Å². The predicted octanol–water partition coefficient (Wildman–Crippen LogP) is 7.74. The number of phenols is 1. The number of carbonyl (C=O) groups is 1. The number of rotatable bonds is 17. The molecule has 0 radical (unpaired) electrons. The molecule has 1 rings (SSSR count). The number of hydrogen-bond acceptors (Lipinski definition) is 3. The SMILES string of the molecule is CCCCCCCCCCCCCCCCOC(=O)/C=C/c1ccc(O)c(C)c1. The van der Waals surface area contributed by atoms with Crippen LogP contribution in [0.5, 0.6) is 5.75 Å². The van der Waals surface area contributed by atoms with Crippen molar-refractivity contribution in [3.05, 3.63) is 35.4 Å². The number of phenolic OH excluding ortho intramolecular Hbond substituents is 1. The highest BCUT2D eigenvalue weighted by molar-refractivity contribution is 5.87. The van der Waals surface area contributed by atoms with Crippen molar-refractivity contribution in [2.45, 2.75) is 104 Å². The first-order chi connectivity index (χ1) is 14.1. The summed E-state index contributed by atoms with van der Waals surface area (Å²) in [5.74, 6) is -0.0343. The van der Waals surface area contributed by atoms with E-state index in [0.29, 0.717) is 6.61 Å². The Morgan fingerprint density at radius 2 is 1.38 bits per heavy atom. The van der Waals surface area contributed by atoms with Crippen LogP contribution >= 0.6 is 0 Å². The van der Waals surface area contributed by atoms with Crippen molar-refractivity contribution in [1.82, 2.24) is 0 Å². The standard InChI is InChI=1S/C26H42O3/c1-3-4-5-6-7-8-9-10-11-12-13-14-15-16-21-29-26(28)20-18-24-17-19-25(27)23(2)22-24/h17-20,22,27H,3-16,21H2,1-2H3/b20-18+. The van der Waals surface area contributed by atoms with Gasteiger partial charge in [0.15, 0.2) is 0 Å². The Morgan fingerprint density at radius 3 is 1.90 bits per heavy atom. The second-order valence-corrected chi connectivity index (χ2v) is 8.14. The zero-order valence-electron chi connectivity index (χ0n) is 18.8. The highest BCUT2D eigenvalue weighted by Gasteiger charge is 1.99. The third kappa shape index (κ3) is 13.9. The van der Waals surface area contributed by atoms with Gasteiger partial charge in [0.25, 0.3) is 0 Å². The molecule has 0 unspecified atom stereocenters. The second kappa shape index (κ2) is 17.1. The number of esters is 1. The highest BCUT2D eigenvalue weighted by Crippen LogP contribution is 2.17. The van der Waals surface area contributed by atoms with E-state index in [9.17, 15) is 9.90 Å². The van der Waals surface area contributed by atoms with Gasteiger partial charge in [-0.2, -0.15) is 0 Å². The van der Waals surface area contributed by atoms with Crippen molar-refractivity contribution in [1.29, 1.82) is 0 Å². The topological polar surface area (TPSA) is 46.5 Å². The summed E-state index contributed by atoms with van der Waals surface area (Å²) < 4.78 is 5.25. The van der Waals surface area contributed by atoms with Crippen LogP contribution in [0.3, 0.4) is 0 Å². The smallest absolute Gasteiger partial charge is 0.330 e. The Hall–Kier alpha value is -1.77. The van der Waals surface area contributed by atoms with Gasteiger partial charge in [-0.3, -0.25) is 0 Å². The van der Waals surface area contributed by atoms with Gasteiger partial charge in [-0.1, -0.05) is 96.5 Å². The lowest BCUT2D eigenvalue weighted by Crippen LogP contribution is -2.02. The van der Waals surface area contributed by atoms with Gasteiger partial charge in [0.05, 0.1) is 6.61 Å². The maximum Gasteiger partial charge on any atom is 0.330 e. The van der Waals surface area contributed by atoms with Crippen molar-refractivity contribution in [3.63, 3.8) is 0 Å². The van der Waals surface area contributed by atoms with Gasteiger partial charge in [0, 0.05) is 6.08 Å². The maximum absolute atomic E-state index is 11.7. The number of hydrogen-bond donors (Lipinski definition) is 1. The molecule has 0 spiro atoms. The first-order valence-electron chi connectivity index (χ1n) is 11.8. The molecule has 29 heavy (non-hydrogen) atoms. The largest absolute Gasteiger partial charge is 0.508 e. The van der Waals surface area contributed by atoms with E-state index in [4.69, 9.17) is 4.74 Å². The van der Waals surface area contributed by atoms with Crippen LogP contribution in [0.25, 0.3) is 6.08 Å². The summed E-state index contributed by atoms with van der Waals surface area (Å²) >= 11 is 0. The van der Waals surface area contributed by atoms with Gasteiger partial charge in [-0.25, -0.2) is 4.79 Å². The number of carbonyl (C=O) groups excluding carboxylic acids is 1. The summed E-state index contributed by atoms with van der Waals surface area (Å²) in [6.07, 6.45) is 21.7. The molecular weight excluding hydrogens is 360 g/mol. The van der Waals surface area contributed by atoms with Crippen LogP contribution < -0.4 is 0 Å². The molecule has 0 heterocycles. The molecule has 0 aliphatic carbocycles. The van der Waals surface area contributed by atoms with E-state index in [1.54, 1.807) is 18.2 Å². The third-order valence-electron chi connectivity index (χ3n) is 5.37. The zero-order valence-corrected chi connectivity index (χ0v) is 18.8. The van der Waals surface area contributed by atoms with Gasteiger partial charge >= 0.3 is 5.97 Å². The number of aromatic hydroxyl groups is 1. The minimum Gasteiger partial charge on any atom is -0.508 e. The summed E-state index contributed by atoms with van der Waals surface area (Å²) in [5, 5.41) is 9.51. The van der Waals surface area contributed by atoms with Crippen molar-refractivity contribution in [2.24, 2.45) is 0 Å². The Kier molecular flexibility index (Phi) is 14.9. The summed E-state index contributed by atoms with van der Waals surface area (Å²) in [6, 6.07) is 5.25. The average molecular weight is 403 g/mol. The van der Waals surface area contributed by atoms with Crippen LogP contribution in [0, 0.1) is 6.92 Å². The molecule has 0 bridgehead atoms. The molecule has 0 saturated heterocycles. The van der Waals surface area contributed by atoms with Crippen LogP contribution in [-0.4, -0.2) is 17.7 Å². The van der Waals surface area contributed by atoms with E-state index in [1.807, 2.05) is 13.0 Å². The lowest BCUT2D eigenvalue weighted by molar-refractivity contribution is -0.137. The molecule has 0 aliphatic heterocycles. The Labute approximate surface area is 178 Å². The number of benzene rings is 1. The Morgan fingerprint density at radius 1 is 0.862 bits per heavy atom. The Balaban J connectivity index is 1.89. The minimum atomic E-state index is -0.301. The summed E-state index contributed by atoms with van der Waals surface area (Å²) in [6.45, 7) is 4.60. The van der Waals surface area contributed by atoms with Gasteiger partial charge < -0.3 is 9.84 Å². The van der Waals surface area contributed by atoms with E-state index in [0.717, 1.165) is 24.0 Å². The molecule has 3 nitrogen and oxygen atoms in total. The predicted molar refractivity (Wildman–Crippen MR) is 123 cm³/mol. The lowest BCUT2D eigenvalue weighted by Gasteiger charge is -2.04. The molecule has 164 valence electrons. The molecule has 0 aromatic heterocycles. The van der Waals surface area contributed by atoms with Crippen molar-refractivity contribution in [3.8, 4) is 5.75 Å². The highest BCUT2D eigenvalue weighted by atomic mass is 16.5. The van der Waals surface area contributed by atoms with Crippen LogP contribution in [0.1, 0.15) is 108 Å². The van der Waals surface area contributed by atoms with E-state index in [2.05, 4.69) is 6.92 Å². The molecule has 1 aromatic rings. The quantitative estimate of drug-likeness (QED) is 0.165. The van der Waals surface area contributed by atoms with Crippen LogP contribution in [0.2, 0.25) is 0 Å². The maximum atomic E-state index is 11.7. The van der Waals surface area contributed by atoms with Crippen LogP contribution in [0.4, 0.5) is 0 Å². The number of unbranched alkanes of at least 4 members (excludes halogenated alkanes) is 13. The fraction of sp³-hybridized carbons (Fsp3) is 0.654. The fourth-order valence-electron chi connectivity index (χ4n) is 3.46. The van der Waals surface area contributed by atoms with Gasteiger partial charge in [0.1, 0.15) is 5.75 Å². The van der Waals surface area contributed by atoms with E-state index < -0.39 is 0 Å². The third-order valence-corrected chi connectivity index (χ3v) is 5.37. The molecule has 0 amide bonds. The normalized spacial score (nSPS) is 11.2. The minimum absolute atomic E-state index is 0.266. The summed E-state index contributed by atoms with van der Waals surface area (Å²) in [5.41, 5.74) is 1.68. The number of aryl methyl sites for hydroxylation is 1. The summed E-state index contributed by atoms with van der Waals surface area (Å²) in [4.78, 5) is 11.7. The van der Waals surface area contributed by atoms with Gasteiger partial charge in [0.2, 0.25) is 0 Å². The monoisotopic (exact) mass is 402 g/mol. The second-order valence-electron chi connectivity index (χ2n) is 8.14. The van der Waals surface area contributed by atoms with E-state index in [1.165, 1.54) is 83.1 Å². The molecular formula is C26H42O3. The molecule has 0 aliphatic rings. The fourth-order valence-corrected chi connectivity index (χ4v) is 3.46. The molecule has 3 heteroatoms. The average Bonchev–Trinajstić information content (AvgIpc) is 2.71. The molecule has 1 N–H and O–H groups in total. The lowest BCUT2D eigenvalue weighted by atomic mass is 10.0.